The minimum atomic E-state index is -3.51. The van der Waals surface area contributed by atoms with Crippen LogP contribution in [0.25, 0.3) is 0 Å². The fourth-order valence-electron chi connectivity index (χ4n) is 1.82. The highest BCUT2D eigenvalue weighted by atomic mass is 32.2. The molecule has 0 saturated carbocycles. The fourth-order valence-corrected chi connectivity index (χ4v) is 3.07. The highest BCUT2D eigenvalue weighted by Gasteiger charge is 2.30. The van der Waals surface area contributed by atoms with Gasteiger partial charge in [0, 0.05) is 25.7 Å². The first kappa shape index (κ1) is 13.0. The predicted molar refractivity (Wildman–Crippen MR) is 71.3 cm³/mol. The van der Waals surface area contributed by atoms with Crippen LogP contribution in [0.1, 0.15) is 5.56 Å². The van der Waals surface area contributed by atoms with E-state index in [1.54, 1.807) is 18.2 Å². The number of likely N-dealkylation sites (N-methyl/N-ethyl adjacent to an activating group) is 2. The standard InChI is InChI=1S/C12H17N3O2S/c1-14(2)8-9-15(3)12-10-6-4-5-7-11(10)18(16,17)13-12/h4-7H,8-9H2,1-3H3. The number of hydrogen-bond acceptors (Lipinski definition) is 4. The third-order valence-corrected chi connectivity index (χ3v) is 4.18. The molecule has 1 aromatic rings. The second kappa shape index (κ2) is 4.70. The summed E-state index contributed by atoms with van der Waals surface area (Å²) >= 11 is 0. The lowest BCUT2D eigenvalue weighted by Gasteiger charge is -2.21. The number of amidine groups is 1. The molecule has 0 aromatic heterocycles. The van der Waals surface area contributed by atoms with Crippen molar-refractivity contribution < 1.29 is 8.42 Å². The second-order valence-corrected chi connectivity index (χ2v) is 6.18. The van der Waals surface area contributed by atoms with Crippen LogP contribution in [-0.4, -0.2) is 58.3 Å². The van der Waals surface area contributed by atoms with Crippen molar-refractivity contribution in [3.8, 4) is 0 Å². The summed E-state index contributed by atoms with van der Waals surface area (Å²) in [6.45, 7) is 1.58. The van der Waals surface area contributed by atoms with Crippen molar-refractivity contribution in [2.75, 3.05) is 34.2 Å². The van der Waals surface area contributed by atoms with Crippen LogP contribution in [0.3, 0.4) is 0 Å². The molecule has 18 heavy (non-hydrogen) atoms. The van der Waals surface area contributed by atoms with Crippen molar-refractivity contribution in [1.82, 2.24) is 9.80 Å². The van der Waals surface area contributed by atoms with E-state index >= 15 is 0 Å². The number of rotatable bonds is 3. The molecule has 1 aromatic carbocycles. The second-order valence-electron chi connectivity index (χ2n) is 4.61. The first-order chi connectivity index (χ1) is 8.42. The van der Waals surface area contributed by atoms with Gasteiger partial charge in [0.1, 0.15) is 4.90 Å². The molecule has 2 rings (SSSR count). The van der Waals surface area contributed by atoms with Crippen molar-refractivity contribution in [2.24, 2.45) is 4.40 Å². The third kappa shape index (κ3) is 2.39. The zero-order chi connectivity index (χ0) is 13.3. The predicted octanol–water partition coefficient (Wildman–Crippen LogP) is 0.629. The lowest BCUT2D eigenvalue weighted by atomic mass is 10.2. The number of sulfonamides is 1. The van der Waals surface area contributed by atoms with Gasteiger partial charge in [-0.25, -0.2) is 0 Å². The van der Waals surface area contributed by atoms with Crippen LogP contribution < -0.4 is 0 Å². The molecule has 1 heterocycles. The normalized spacial score (nSPS) is 16.6. The van der Waals surface area contributed by atoms with E-state index in [0.717, 1.165) is 13.1 Å². The molecule has 0 radical (unpaired) electrons. The number of hydrogen-bond donors (Lipinski definition) is 0. The van der Waals surface area contributed by atoms with Crippen molar-refractivity contribution in [1.29, 1.82) is 0 Å². The Morgan fingerprint density at radius 1 is 1.11 bits per heavy atom. The minimum Gasteiger partial charge on any atom is -0.357 e. The van der Waals surface area contributed by atoms with Crippen molar-refractivity contribution in [3.05, 3.63) is 29.8 Å². The zero-order valence-corrected chi connectivity index (χ0v) is 11.6. The summed E-state index contributed by atoms with van der Waals surface area (Å²) in [6.07, 6.45) is 0. The van der Waals surface area contributed by atoms with Gasteiger partial charge in [0.25, 0.3) is 10.0 Å². The number of nitrogens with zero attached hydrogens (tertiary/aromatic N) is 3. The van der Waals surface area contributed by atoms with Gasteiger partial charge in [-0.3, -0.25) is 0 Å². The molecule has 0 amide bonds. The van der Waals surface area contributed by atoms with E-state index in [4.69, 9.17) is 0 Å². The van der Waals surface area contributed by atoms with E-state index in [-0.39, 0.29) is 0 Å². The zero-order valence-electron chi connectivity index (χ0n) is 10.8. The largest absolute Gasteiger partial charge is 0.357 e. The molecule has 0 saturated heterocycles. The quantitative estimate of drug-likeness (QED) is 0.806. The highest BCUT2D eigenvalue weighted by Crippen LogP contribution is 2.26. The molecule has 0 spiro atoms. The fraction of sp³-hybridized carbons (Fsp3) is 0.417. The monoisotopic (exact) mass is 267 g/mol. The molecular formula is C12H17N3O2S. The SMILES string of the molecule is CN(C)CCN(C)C1=NS(=O)(=O)c2ccccc21. The van der Waals surface area contributed by atoms with E-state index < -0.39 is 10.0 Å². The molecule has 1 aliphatic rings. The van der Waals surface area contributed by atoms with Gasteiger partial charge < -0.3 is 9.80 Å². The van der Waals surface area contributed by atoms with Crippen LogP contribution in [0.2, 0.25) is 0 Å². The first-order valence-corrected chi connectivity index (χ1v) is 7.16. The molecule has 0 fully saturated rings. The first-order valence-electron chi connectivity index (χ1n) is 5.72. The summed E-state index contributed by atoms with van der Waals surface area (Å²) in [7, 11) is 2.32. The Kier molecular flexibility index (Phi) is 3.41. The van der Waals surface area contributed by atoms with Gasteiger partial charge in [0.05, 0.1) is 0 Å². The topological polar surface area (TPSA) is 53.0 Å². The summed E-state index contributed by atoms with van der Waals surface area (Å²) < 4.78 is 27.6. The smallest absolute Gasteiger partial charge is 0.285 e. The maximum absolute atomic E-state index is 11.9. The van der Waals surface area contributed by atoms with Gasteiger partial charge in [0.15, 0.2) is 5.84 Å². The third-order valence-electron chi connectivity index (χ3n) is 2.86. The van der Waals surface area contributed by atoms with Crippen LogP contribution in [0.5, 0.6) is 0 Å². The van der Waals surface area contributed by atoms with E-state index in [1.807, 2.05) is 37.0 Å². The van der Waals surface area contributed by atoms with E-state index in [0.29, 0.717) is 16.3 Å². The van der Waals surface area contributed by atoms with Crippen LogP contribution in [0.4, 0.5) is 0 Å². The van der Waals surface area contributed by atoms with Gasteiger partial charge in [-0.05, 0) is 26.2 Å². The summed E-state index contributed by atoms with van der Waals surface area (Å²) in [5.41, 5.74) is 0.693. The Labute approximate surface area is 108 Å². The molecule has 6 heteroatoms. The number of benzene rings is 1. The van der Waals surface area contributed by atoms with Crippen LogP contribution >= 0.6 is 0 Å². The van der Waals surface area contributed by atoms with Gasteiger partial charge >= 0.3 is 0 Å². The Balaban J connectivity index is 2.30. The molecule has 0 bridgehead atoms. The average molecular weight is 267 g/mol. The Bertz CT molecular complexity index is 579. The molecule has 0 unspecified atom stereocenters. The molecule has 98 valence electrons. The molecule has 0 N–H and O–H groups in total. The summed E-state index contributed by atoms with van der Waals surface area (Å²) in [4.78, 5) is 4.23. The maximum atomic E-state index is 11.9. The van der Waals surface area contributed by atoms with Crippen molar-refractivity contribution in [3.63, 3.8) is 0 Å². The Morgan fingerprint density at radius 3 is 2.44 bits per heavy atom. The summed E-state index contributed by atoms with van der Waals surface area (Å²) in [5, 5.41) is 0. The van der Waals surface area contributed by atoms with Gasteiger partial charge in [-0.1, -0.05) is 12.1 Å². The Morgan fingerprint density at radius 2 is 1.78 bits per heavy atom. The van der Waals surface area contributed by atoms with Gasteiger partial charge in [0.2, 0.25) is 0 Å². The maximum Gasteiger partial charge on any atom is 0.285 e. The van der Waals surface area contributed by atoms with Crippen molar-refractivity contribution >= 4 is 15.9 Å². The van der Waals surface area contributed by atoms with E-state index in [9.17, 15) is 8.42 Å². The Hall–Kier alpha value is -1.40. The van der Waals surface area contributed by atoms with Gasteiger partial charge in [-0.2, -0.15) is 8.42 Å². The van der Waals surface area contributed by atoms with Crippen LogP contribution in [0.15, 0.2) is 33.6 Å². The molecular weight excluding hydrogens is 250 g/mol. The van der Waals surface area contributed by atoms with E-state index in [1.165, 1.54) is 0 Å². The minimum absolute atomic E-state index is 0.303. The van der Waals surface area contributed by atoms with Crippen molar-refractivity contribution in [2.45, 2.75) is 4.90 Å². The molecule has 0 aliphatic carbocycles. The van der Waals surface area contributed by atoms with Crippen LogP contribution in [-0.2, 0) is 10.0 Å². The van der Waals surface area contributed by atoms with Gasteiger partial charge in [-0.15, -0.1) is 4.40 Å². The lowest BCUT2D eigenvalue weighted by Crippen LogP contribution is -2.33. The number of fused-ring (bicyclic) bond motifs is 1. The molecule has 0 atom stereocenters. The summed E-state index contributed by atoms with van der Waals surface area (Å²) in [6, 6.07) is 6.94. The van der Waals surface area contributed by atoms with Crippen LogP contribution in [0, 0.1) is 0 Å². The molecule has 1 aliphatic heterocycles. The average Bonchev–Trinajstić information content (AvgIpc) is 2.59. The summed E-state index contributed by atoms with van der Waals surface area (Å²) in [5.74, 6) is 0.535. The molecule has 5 nitrogen and oxygen atoms in total. The highest BCUT2D eigenvalue weighted by molar-refractivity contribution is 7.90. The lowest BCUT2D eigenvalue weighted by molar-refractivity contribution is 0.357. The van der Waals surface area contributed by atoms with E-state index in [2.05, 4.69) is 4.40 Å².